The average molecular weight is 404 g/mol. The van der Waals surface area contributed by atoms with Gasteiger partial charge in [0.05, 0.1) is 11.0 Å². The summed E-state index contributed by atoms with van der Waals surface area (Å²) >= 11 is 0. The van der Waals surface area contributed by atoms with Crippen LogP contribution >= 0.6 is 0 Å². The van der Waals surface area contributed by atoms with Crippen molar-refractivity contribution >= 4 is 15.7 Å². The van der Waals surface area contributed by atoms with Crippen molar-refractivity contribution in [2.75, 3.05) is 18.8 Å². The van der Waals surface area contributed by atoms with Gasteiger partial charge in [-0.1, -0.05) is 51.1 Å². The summed E-state index contributed by atoms with van der Waals surface area (Å²) in [5.74, 6) is -0.879. The molecule has 1 unspecified atom stereocenters. The molecule has 0 N–H and O–H groups in total. The van der Waals surface area contributed by atoms with E-state index in [1.165, 1.54) is 12.1 Å². The number of nitrogens with zero attached hydrogens (tertiary/aromatic N) is 1. The van der Waals surface area contributed by atoms with Crippen LogP contribution in [0.5, 0.6) is 0 Å². The summed E-state index contributed by atoms with van der Waals surface area (Å²) in [5.41, 5.74) is 1.84. The number of sulfone groups is 1. The lowest BCUT2D eigenvalue weighted by atomic mass is 9.86. The molecule has 1 heterocycles. The first-order valence-electron chi connectivity index (χ1n) is 9.45. The molecule has 6 heteroatoms. The van der Waals surface area contributed by atoms with E-state index in [1.54, 1.807) is 29.2 Å². The molecule has 1 aliphatic rings. The smallest absolute Gasteiger partial charge is 0.253 e. The van der Waals surface area contributed by atoms with Crippen LogP contribution in [0.25, 0.3) is 0 Å². The fraction of sp³-hybridized carbons (Fsp3) is 0.409. The van der Waals surface area contributed by atoms with Crippen LogP contribution in [0.2, 0.25) is 0 Å². The van der Waals surface area contributed by atoms with Gasteiger partial charge >= 0.3 is 0 Å². The Morgan fingerprint density at radius 2 is 1.68 bits per heavy atom. The van der Waals surface area contributed by atoms with Crippen molar-refractivity contribution < 1.29 is 17.6 Å². The molecule has 2 aromatic carbocycles. The van der Waals surface area contributed by atoms with Crippen molar-refractivity contribution in [3.05, 3.63) is 71.0 Å². The Bertz CT molecular complexity index is 962. The van der Waals surface area contributed by atoms with Crippen LogP contribution in [-0.4, -0.2) is 38.1 Å². The van der Waals surface area contributed by atoms with Gasteiger partial charge in [0.2, 0.25) is 0 Å². The molecule has 4 nitrogen and oxygen atoms in total. The maximum Gasteiger partial charge on any atom is 0.253 e. The minimum absolute atomic E-state index is 0.00869. The second-order valence-electron chi connectivity index (χ2n) is 8.29. The van der Waals surface area contributed by atoms with Crippen LogP contribution in [0.4, 0.5) is 4.39 Å². The molecule has 1 atom stereocenters. The Morgan fingerprint density at radius 3 is 2.29 bits per heavy atom. The molecular formula is C22H26FNO3S. The predicted molar refractivity (Wildman–Crippen MR) is 109 cm³/mol. The van der Waals surface area contributed by atoms with E-state index >= 15 is 0 Å². The fourth-order valence-electron chi connectivity index (χ4n) is 3.53. The van der Waals surface area contributed by atoms with Crippen molar-refractivity contribution in [1.82, 2.24) is 4.90 Å². The van der Waals surface area contributed by atoms with Crippen LogP contribution in [0, 0.1) is 5.82 Å². The molecule has 0 bridgehead atoms. The first-order valence-corrected chi connectivity index (χ1v) is 11.2. The van der Waals surface area contributed by atoms with Crippen molar-refractivity contribution in [2.45, 2.75) is 37.9 Å². The first kappa shape index (κ1) is 20.5. The zero-order valence-electron chi connectivity index (χ0n) is 16.5. The van der Waals surface area contributed by atoms with Crippen LogP contribution < -0.4 is 0 Å². The second kappa shape index (κ2) is 7.66. The Hall–Kier alpha value is -2.21. The highest BCUT2D eigenvalue weighted by atomic mass is 32.2. The lowest BCUT2D eigenvalue weighted by Gasteiger charge is -2.22. The summed E-state index contributed by atoms with van der Waals surface area (Å²) in [7, 11) is -3.54. The summed E-state index contributed by atoms with van der Waals surface area (Å²) in [5, 5.41) is -0.922. The van der Waals surface area contributed by atoms with Crippen molar-refractivity contribution in [2.24, 2.45) is 0 Å². The normalized spacial score (nSPS) is 19.9. The Morgan fingerprint density at radius 1 is 1.04 bits per heavy atom. The second-order valence-corrected chi connectivity index (χ2v) is 10.6. The Kier molecular flexibility index (Phi) is 5.62. The quantitative estimate of drug-likeness (QED) is 0.758. The molecule has 1 saturated heterocycles. The monoisotopic (exact) mass is 403 g/mol. The highest BCUT2D eigenvalue weighted by Crippen LogP contribution is 2.31. The standard InChI is InChI=1S/C22H26FNO3S/c1-22(2,3)17-10-8-16(9-11-17)21(25)24-13-12-20(28(26,27)15-14-24)18-6-4-5-7-19(18)23/h4-11,20H,12-15H2,1-3H3. The molecule has 1 fully saturated rings. The van der Waals surface area contributed by atoms with Gasteiger partial charge in [-0.15, -0.1) is 0 Å². The van der Waals surface area contributed by atoms with Gasteiger partial charge in [-0.3, -0.25) is 4.79 Å². The summed E-state index contributed by atoms with van der Waals surface area (Å²) in [6, 6.07) is 13.4. The third-order valence-electron chi connectivity index (χ3n) is 5.28. The van der Waals surface area contributed by atoms with E-state index in [-0.39, 0.29) is 42.1 Å². The van der Waals surface area contributed by atoms with Gasteiger partial charge in [-0.25, -0.2) is 12.8 Å². The van der Waals surface area contributed by atoms with Gasteiger partial charge in [0.15, 0.2) is 9.84 Å². The zero-order chi connectivity index (χ0) is 20.5. The van der Waals surface area contributed by atoms with Crippen LogP contribution in [0.15, 0.2) is 48.5 Å². The minimum Gasteiger partial charge on any atom is -0.338 e. The minimum atomic E-state index is -3.54. The van der Waals surface area contributed by atoms with Crippen molar-refractivity contribution in [3.8, 4) is 0 Å². The van der Waals surface area contributed by atoms with E-state index in [9.17, 15) is 17.6 Å². The third-order valence-corrected chi connectivity index (χ3v) is 7.39. The number of halogens is 1. The predicted octanol–water partition coefficient (Wildman–Crippen LogP) is 4.13. The van der Waals surface area contributed by atoms with Crippen LogP contribution in [-0.2, 0) is 15.3 Å². The number of hydrogen-bond donors (Lipinski definition) is 0. The number of hydrogen-bond acceptors (Lipinski definition) is 3. The molecule has 2 aromatic rings. The number of amides is 1. The van der Waals surface area contributed by atoms with Gasteiger partial charge in [-0.05, 0) is 35.6 Å². The lowest BCUT2D eigenvalue weighted by molar-refractivity contribution is 0.0766. The number of carbonyl (C=O) groups is 1. The highest BCUT2D eigenvalue weighted by molar-refractivity contribution is 7.91. The maximum absolute atomic E-state index is 14.2. The molecule has 0 spiro atoms. The van der Waals surface area contributed by atoms with Gasteiger partial charge in [-0.2, -0.15) is 0 Å². The summed E-state index contributed by atoms with van der Waals surface area (Å²) in [4.78, 5) is 14.5. The van der Waals surface area contributed by atoms with Gasteiger partial charge in [0.1, 0.15) is 5.82 Å². The van der Waals surface area contributed by atoms with Crippen LogP contribution in [0.3, 0.4) is 0 Å². The van der Waals surface area contributed by atoms with Crippen molar-refractivity contribution in [3.63, 3.8) is 0 Å². The van der Waals surface area contributed by atoms with Gasteiger partial charge in [0, 0.05) is 24.2 Å². The SMILES string of the molecule is CC(C)(C)c1ccc(C(=O)N2CCC(c3ccccc3F)S(=O)(=O)CC2)cc1. The lowest BCUT2D eigenvalue weighted by Crippen LogP contribution is -2.33. The number of carbonyl (C=O) groups excluding carboxylic acids is 1. The molecule has 0 aliphatic carbocycles. The topological polar surface area (TPSA) is 54.5 Å². The number of rotatable bonds is 2. The van der Waals surface area contributed by atoms with E-state index in [4.69, 9.17) is 0 Å². The van der Waals surface area contributed by atoms with Gasteiger partial charge in [0.25, 0.3) is 5.91 Å². The van der Waals surface area contributed by atoms with Crippen LogP contribution in [0.1, 0.15) is 53.9 Å². The van der Waals surface area contributed by atoms with Crippen molar-refractivity contribution in [1.29, 1.82) is 0 Å². The summed E-state index contributed by atoms with van der Waals surface area (Å²) in [6.07, 6.45) is 0.190. The average Bonchev–Trinajstić information content (AvgIpc) is 2.79. The van der Waals surface area contributed by atoms with E-state index in [1.807, 2.05) is 12.1 Å². The molecule has 0 saturated carbocycles. The third kappa shape index (κ3) is 4.27. The maximum atomic E-state index is 14.2. The number of benzene rings is 2. The van der Waals surface area contributed by atoms with E-state index in [2.05, 4.69) is 20.8 Å². The van der Waals surface area contributed by atoms with E-state index < -0.39 is 20.9 Å². The Balaban J connectivity index is 1.81. The fourth-order valence-corrected chi connectivity index (χ4v) is 5.33. The molecular weight excluding hydrogens is 377 g/mol. The molecule has 0 aromatic heterocycles. The van der Waals surface area contributed by atoms with E-state index in [0.29, 0.717) is 5.56 Å². The molecule has 1 amide bonds. The van der Waals surface area contributed by atoms with Gasteiger partial charge < -0.3 is 4.90 Å². The summed E-state index contributed by atoms with van der Waals surface area (Å²) in [6.45, 7) is 6.70. The largest absolute Gasteiger partial charge is 0.338 e. The Labute approximate surface area is 166 Å². The molecule has 28 heavy (non-hydrogen) atoms. The summed E-state index contributed by atoms with van der Waals surface area (Å²) < 4.78 is 39.6. The first-order chi connectivity index (χ1) is 13.1. The highest BCUT2D eigenvalue weighted by Gasteiger charge is 2.34. The van der Waals surface area contributed by atoms with E-state index in [0.717, 1.165) is 5.56 Å². The molecule has 0 radical (unpaired) electrons. The molecule has 1 aliphatic heterocycles. The molecule has 150 valence electrons. The molecule has 3 rings (SSSR count). The zero-order valence-corrected chi connectivity index (χ0v) is 17.3.